The summed E-state index contributed by atoms with van der Waals surface area (Å²) in [6.07, 6.45) is 3.57. The summed E-state index contributed by atoms with van der Waals surface area (Å²) in [5.74, 6) is 0. The van der Waals surface area contributed by atoms with E-state index in [1.54, 1.807) is 6.26 Å². The molecule has 1 atom stereocenters. The van der Waals surface area contributed by atoms with Gasteiger partial charge in [0.1, 0.15) is 0 Å². The van der Waals surface area contributed by atoms with E-state index < -0.39 is 10.8 Å². The Labute approximate surface area is 73.1 Å². The summed E-state index contributed by atoms with van der Waals surface area (Å²) in [5, 5.41) is 1.16. The van der Waals surface area contributed by atoms with Gasteiger partial charge in [-0.05, 0) is 23.6 Å². The molecule has 0 aliphatic carbocycles. The van der Waals surface area contributed by atoms with Crippen molar-refractivity contribution in [3.05, 3.63) is 30.5 Å². The molecule has 0 amide bonds. The number of hydrogen-bond donors (Lipinski definition) is 1. The lowest BCUT2D eigenvalue weighted by molar-refractivity contribution is 0.687. The molecule has 12 heavy (non-hydrogen) atoms. The van der Waals surface area contributed by atoms with E-state index in [-0.39, 0.29) is 0 Å². The van der Waals surface area contributed by atoms with Gasteiger partial charge >= 0.3 is 0 Å². The molecule has 2 rings (SSSR count). The van der Waals surface area contributed by atoms with Crippen LogP contribution in [0, 0.1) is 0 Å². The maximum Gasteiger partial charge on any atom is 0.0498 e. The summed E-state index contributed by atoms with van der Waals surface area (Å²) in [6.45, 7) is 0. The fourth-order valence-corrected chi connectivity index (χ4v) is 1.75. The van der Waals surface area contributed by atoms with Crippen LogP contribution in [0.3, 0.4) is 0 Å². The third-order valence-electron chi connectivity index (χ3n) is 1.86. The molecular weight excluding hydrogens is 170 g/mol. The summed E-state index contributed by atoms with van der Waals surface area (Å²) in [5.41, 5.74) is 1.04. The fraction of sp³-hybridized carbons (Fsp3) is 0.111. The van der Waals surface area contributed by atoms with Crippen molar-refractivity contribution in [2.24, 2.45) is 0 Å². The molecule has 0 bridgehead atoms. The minimum absolute atomic E-state index is 0.866. The fourth-order valence-electron chi connectivity index (χ4n) is 1.21. The van der Waals surface area contributed by atoms with Gasteiger partial charge in [0.2, 0.25) is 0 Å². The second kappa shape index (κ2) is 2.75. The zero-order chi connectivity index (χ0) is 8.55. The molecule has 0 fully saturated rings. The molecule has 0 saturated carbocycles. The van der Waals surface area contributed by atoms with Crippen LogP contribution < -0.4 is 0 Å². The number of nitrogens with one attached hydrogen (secondary N) is 1. The van der Waals surface area contributed by atoms with Crippen molar-refractivity contribution in [3.8, 4) is 0 Å². The summed E-state index contributed by atoms with van der Waals surface area (Å²) < 4.78 is 11.1. The van der Waals surface area contributed by atoms with Crippen LogP contribution in [-0.2, 0) is 10.8 Å². The second-order valence-corrected chi connectivity index (χ2v) is 4.06. The van der Waals surface area contributed by atoms with Crippen molar-refractivity contribution in [1.29, 1.82) is 0 Å². The first-order chi connectivity index (χ1) is 5.77. The Kier molecular flexibility index (Phi) is 1.73. The molecule has 1 aromatic carbocycles. The van der Waals surface area contributed by atoms with Crippen molar-refractivity contribution in [1.82, 2.24) is 4.98 Å². The Balaban J connectivity index is 2.68. The summed E-state index contributed by atoms with van der Waals surface area (Å²) in [4.78, 5) is 3.95. The van der Waals surface area contributed by atoms with Crippen molar-refractivity contribution in [2.45, 2.75) is 4.90 Å². The maximum absolute atomic E-state index is 11.1. The van der Waals surface area contributed by atoms with E-state index in [2.05, 4.69) is 4.98 Å². The zero-order valence-electron chi connectivity index (χ0n) is 6.70. The van der Waals surface area contributed by atoms with Crippen LogP contribution in [0.25, 0.3) is 10.9 Å². The van der Waals surface area contributed by atoms with E-state index in [4.69, 9.17) is 0 Å². The highest BCUT2D eigenvalue weighted by Gasteiger charge is 1.98. The first-order valence-electron chi connectivity index (χ1n) is 3.68. The van der Waals surface area contributed by atoms with Gasteiger partial charge in [0.15, 0.2) is 0 Å². The minimum atomic E-state index is -0.889. The normalized spacial score (nSPS) is 13.4. The van der Waals surface area contributed by atoms with Crippen molar-refractivity contribution >= 4 is 21.7 Å². The first kappa shape index (κ1) is 7.55. The molecule has 2 nitrogen and oxygen atoms in total. The van der Waals surface area contributed by atoms with Gasteiger partial charge in [0.05, 0.1) is 0 Å². The van der Waals surface area contributed by atoms with Gasteiger partial charge in [0.25, 0.3) is 0 Å². The first-order valence-corrected chi connectivity index (χ1v) is 5.24. The zero-order valence-corrected chi connectivity index (χ0v) is 7.52. The Bertz CT molecular complexity index is 433. The van der Waals surface area contributed by atoms with E-state index in [9.17, 15) is 4.21 Å². The molecule has 2 aromatic rings. The molecular formula is C9H9NOS. The van der Waals surface area contributed by atoms with E-state index >= 15 is 0 Å². The Morgan fingerprint density at radius 3 is 2.92 bits per heavy atom. The Hall–Kier alpha value is -1.09. The van der Waals surface area contributed by atoms with Crippen molar-refractivity contribution in [2.75, 3.05) is 6.26 Å². The molecule has 1 N–H and O–H groups in total. The molecule has 62 valence electrons. The van der Waals surface area contributed by atoms with Gasteiger partial charge in [-0.2, -0.15) is 0 Å². The number of hydrogen-bond acceptors (Lipinski definition) is 1. The van der Waals surface area contributed by atoms with Gasteiger partial charge in [-0.25, -0.2) is 0 Å². The number of rotatable bonds is 1. The van der Waals surface area contributed by atoms with Gasteiger partial charge in [0, 0.05) is 33.7 Å². The third kappa shape index (κ3) is 1.16. The molecule has 0 spiro atoms. The minimum Gasteiger partial charge on any atom is -0.361 e. The summed E-state index contributed by atoms with van der Waals surface area (Å²) in [7, 11) is -0.889. The van der Waals surface area contributed by atoms with Crippen LogP contribution in [0.15, 0.2) is 35.4 Å². The molecule has 0 unspecified atom stereocenters. The van der Waals surface area contributed by atoms with Crippen LogP contribution in [0.1, 0.15) is 0 Å². The van der Waals surface area contributed by atoms with E-state index in [1.165, 1.54) is 0 Å². The Morgan fingerprint density at radius 2 is 2.17 bits per heavy atom. The van der Waals surface area contributed by atoms with Gasteiger partial charge < -0.3 is 4.98 Å². The lowest BCUT2D eigenvalue weighted by Gasteiger charge is -1.95. The lowest BCUT2D eigenvalue weighted by atomic mass is 10.2. The highest BCUT2D eigenvalue weighted by atomic mass is 32.2. The largest absolute Gasteiger partial charge is 0.361 e. The number of aromatic nitrogens is 1. The van der Waals surface area contributed by atoms with E-state index in [0.717, 1.165) is 15.8 Å². The summed E-state index contributed by atoms with van der Waals surface area (Å²) >= 11 is 0. The standard InChI is InChI=1S/C9H9NOS/c1-12(11)8-3-2-7-4-5-10-9(7)6-8/h2-6,10H,1H3/t12-/m0/s1. The predicted molar refractivity (Wildman–Crippen MR) is 50.6 cm³/mol. The topological polar surface area (TPSA) is 32.9 Å². The van der Waals surface area contributed by atoms with Crippen LogP contribution in [0.5, 0.6) is 0 Å². The average molecular weight is 179 g/mol. The lowest BCUT2D eigenvalue weighted by Crippen LogP contribution is -1.85. The Morgan fingerprint density at radius 1 is 1.33 bits per heavy atom. The maximum atomic E-state index is 11.1. The smallest absolute Gasteiger partial charge is 0.0498 e. The molecule has 3 heteroatoms. The molecule has 0 saturated heterocycles. The number of aromatic amines is 1. The third-order valence-corrected chi connectivity index (χ3v) is 2.78. The molecule has 1 aromatic heterocycles. The van der Waals surface area contributed by atoms with Crippen molar-refractivity contribution < 1.29 is 4.21 Å². The van der Waals surface area contributed by atoms with Gasteiger partial charge in [-0.1, -0.05) is 6.07 Å². The molecule has 0 radical (unpaired) electrons. The average Bonchev–Trinajstić information content (AvgIpc) is 2.49. The predicted octanol–water partition coefficient (Wildman–Crippen LogP) is 1.91. The van der Waals surface area contributed by atoms with E-state index in [1.807, 2.05) is 30.5 Å². The molecule has 1 heterocycles. The van der Waals surface area contributed by atoms with Crippen LogP contribution in [0.2, 0.25) is 0 Å². The number of fused-ring (bicyclic) bond motifs is 1. The molecule has 0 aliphatic heterocycles. The quantitative estimate of drug-likeness (QED) is 0.712. The van der Waals surface area contributed by atoms with Crippen LogP contribution in [0.4, 0.5) is 0 Å². The van der Waals surface area contributed by atoms with Gasteiger partial charge in [-0.15, -0.1) is 0 Å². The highest BCUT2D eigenvalue weighted by molar-refractivity contribution is 7.84. The summed E-state index contributed by atoms with van der Waals surface area (Å²) in [6, 6.07) is 7.79. The van der Waals surface area contributed by atoms with Gasteiger partial charge in [-0.3, -0.25) is 4.21 Å². The van der Waals surface area contributed by atoms with Crippen LogP contribution in [-0.4, -0.2) is 15.4 Å². The SMILES string of the molecule is C[S@](=O)c1ccc2cc[nH]c2c1. The number of H-pyrrole nitrogens is 1. The second-order valence-electron chi connectivity index (χ2n) is 2.68. The van der Waals surface area contributed by atoms with E-state index in [0.29, 0.717) is 0 Å². The van der Waals surface area contributed by atoms with Crippen LogP contribution >= 0.6 is 0 Å². The molecule has 0 aliphatic rings. The van der Waals surface area contributed by atoms with Crippen molar-refractivity contribution in [3.63, 3.8) is 0 Å². The number of benzene rings is 1. The monoisotopic (exact) mass is 179 g/mol. The highest BCUT2D eigenvalue weighted by Crippen LogP contribution is 2.15.